The summed E-state index contributed by atoms with van der Waals surface area (Å²) in [6.45, 7) is 0.171. The van der Waals surface area contributed by atoms with Crippen LogP contribution in [0, 0.1) is 11.8 Å². The Morgan fingerprint density at radius 3 is 2.90 bits per heavy atom. The Morgan fingerprint density at radius 1 is 1.48 bits per heavy atom. The van der Waals surface area contributed by atoms with Crippen LogP contribution in [-0.2, 0) is 10.0 Å². The SMILES string of the molecule is COc1ccc(S(=O)(=O)Nc2ncc[nH]2)cc1C#CCN. The largest absolute Gasteiger partial charge is 0.495 e. The van der Waals surface area contributed by atoms with Crippen LogP contribution >= 0.6 is 0 Å². The molecule has 0 fully saturated rings. The first-order chi connectivity index (χ1) is 10.1. The summed E-state index contributed by atoms with van der Waals surface area (Å²) in [5, 5.41) is 0. The maximum absolute atomic E-state index is 12.2. The number of anilines is 1. The van der Waals surface area contributed by atoms with Gasteiger partial charge in [-0.3, -0.25) is 0 Å². The van der Waals surface area contributed by atoms with Crippen molar-refractivity contribution in [3.05, 3.63) is 36.2 Å². The molecule has 1 heterocycles. The number of benzene rings is 1. The summed E-state index contributed by atoms with van der Waals surface area (Å²) in [4.78, 5) is 6.54. The Kier molecular flexibility index (Phi) is 4.47. The molecular weight excluding hydrogens is 292 g/mol. The van der Waals surface area contributed by atoms with E-state index >= 15 is 0 Å². The van der Waals surface area contributed by atoms with Crippen molar-refractivity contribution in [2.24, 2.45) is 5.73 Å². The van der Waals surface area contributed by atoms with Crippen LogP contribution in [0.15, 0.2) is 35.5 Å². The van der Waals surface area contributed by atoms with Crippen molar-refractivity contribution < 1.29 is 13.2 Å². The van der Waals surface area contributed by atoms with Crippen molar-refractivity contribution in [1.29, 1.82) is 0 Å². The number of hydrogen-bond acceptors (Lipinski definition) is 5. The van der Waals surface area contributed by atoms with E-state index in [9.17, 15) is 8.42 Å². The van der Waals surface area contributed by atoms with Gasteiger partial charge in [0, 0.05) is 12.4 Å². The lowest BCUT2D eigenvalue weighted by atomic mass is 10.2. The van der Waals surface area contributed by atoms with Crippen molar-refractivity contribution in [2.45, 2.75) is 4.90 Å². The number of hydrogen-bond donors (Lipinski definition) is 3. The van der Waals surface area contributed by atoms with E-state index in [0.29, 0.717) is 11.3 Å². The summed E-state index contributed by atoms with van der Waals surface area (Å²) in [7, 11) is -2.27. The van der Waals surface area contributed by atoms with Crippen LogP contribution in [0.1, 0.15) is 5.56 Å². The van der Waals surface area contributed by atoms with E-state index in [-0.39, 0.29) is 17.4 Å². The molecule has 0 spiro atoms. The van der Waals surface area contributed by atoms with Crippen LogP contribution in [0.2, 0.25) is 0 Å². The van der Waals surface area contributed by atoms with Crippen molar-refractivity contribution in [3.63, 3.8) is 0 Å². The molecule has 0 atom stereocenters. The minimum atomic E-state index is -3.75. The van der Waals surface area contributed by atoms with Gasteiger partial charge in [0.25, 0.3) is 10.0 Å². The molecule has 21 heavy (non-hydrogen) atoms. The predicted octanol–water partition coefficient (Wildman–Crippen LogP) is 0.529. The van der Waals surface area contributed by atoms with Gasteiger partial charge in [-0.15, -0.1) is 0 Å². The summed E-state index contributed by atoms with van der Waals surface area (Å²) in [5.41, 5.74) is 5.77. The van der Waals surface area contributed by atoms with Crippen LogP contribution in [0.5, 0.6) is 5.75 Å². The molecule has 0 unspecified atom stereocenters. The Morgan fingerprint density at radius 2 is 2.29 bits per heavy atom. The zero-order chi connectivity index (χ0) is 15.3. The van der Waals surface area contributed by atoms with E-state index in [0.717, 1.165) is 0 Å². The monoisotopic (exact) mass is 306 g/mol. The molecule has 0 saturated carbocycles. The number of H-pyrrole nitrogens is 1. The summed E-state index contributed by atoms with van der Waals surface area (Å²) >= 11 is 0. The maximum atomic E-state index is 12.2. The predicted molar refractivity (Wildman–Crippen MR) is 78.3 cm³/mol. The third-order valence-corrected chi connectivity index (χ3v) is 3.87. The second-order valence-electron chi connectivity index (χ2n) is 3.91. The highest BCUT2D eigenvalue weighted by molar-refractivity contribution is 7.92. The average molecular weight is 306 g/mol. The van der Waals surface area contributed by atoms with E-state index in [1.54, 1.807) is 0 Å². The van der Waals surface area contributed by atoms with Gasteiger partial charge in [0.05, 0.1) is 24.1 Å². The number of sulfonamides is 1. The Hall–Kier alpha value is -2.50. The molecule has 0 bridgehead atoms. The zero-order valence-corrected chi connectivity index (χ0v) is 12.1. The first-order valence-electron chi connectivity index (χ1n) is 5.96. The van der Waals surface area contributed by atoms with Crippen LogP contribution in [-0.4, -0.2) is 32.0 Å². The fourth-order valence-corrected chi connectivity index (χ4v) is 2.61. The van der Waals surface area contributed by atoms with Crippen molar-refractivity contribution in [2.75, 3.05) is 18.4 Å². The highest BCUT2D eigenvalue weighted by Gasteiger charge is 2.17. The quantitative estimate of drug-likeness (QED) is 0.714. The number of nitrogens with one attached hydrogen (secondary N) is 2. The highest BCUT2D eigenvalue weighted by Crippen LogP contribution is 2.22. The Bertz CT molecular complexity index is 773. The van der Waals surface area contributed by atoms with Gasteiger partial charge < -0.3 is 15.5 Å². The maximum Gasteiger partial charge on any atom is 0.264 e. The summed E-state index contributed by atoms with van der Waals surface area (Å²) in [5.74, 6) is 6.07. The van der Waals surface area contributed by atoms with E-state index in [4.69, 9.17) is 10.5 Å². The smallest absolute Gasteiger partial charge is 0.264 e. The Labute approximate surface area is 122 Å². The molecule has 2 aromatic rings. The third-order valence-electron chi connectivity index (χ3n) is 2.54. The van der Waals surface area contributed by atoms with Gasteiger partial charge in [-0.2, -0.15) is 0 Å². The summed E-state index contributed by atoms with van der Waals surface area (Å²) < 4.78 is 31.9. The van der Waals surface area contributed by atoms with Gasteiger partial charge in [0.2, 0.25) is 5.95 Å². The van der Waals surface area contributed by atoms with E-state index in [2.05, 4.69) is 26.5 Å². The molecule has 0 saturated heterocycles. The third kappa shape index (κ3) is 3.53. The summed E-state index contributed by atoms with van der Waals surface area (Å²) in [6, 6.07) is 4.39. The number of methoxy groups -OCH3 is 1. The molecule has 1 aromatic heterocycles. The van der Waals surface area contributed by atoms with E-state index < -0.39 is 10.0 Å². The fraction of sp³-hybridized carbons (Fsp3) is 0.154. The number of imidazole rings is 1. The zero-order valence-electron chi connectivity index (χ0n) is 11.3. The standard InChI is InChI=1S/C13H14N4O3S/c1-20-12-5-4-11(9-10(12)3-2-6-14)21(18,19)17-13-15-7-8-16-13/h4-5,7-9H,6,14H2,1H3,(H2,15,16,17). The molecule has 7 nitrogen and oxygen atoms in total. The number of aromatic nitrogens is 2. The first-order valence-corrected chi connectivity index (χ1v) is 7.44. The molecule has 2 rings (SSSR count). The van der Waals surface area contributed by atoms with Gasteiger partial charge in [-0.25, -0.2) is 18.1 Å². The van der Waals surface area contributed by atoms with Crippen LogP contribution in [0.3, 0.4) is 0 Å². The number of rotatable bonds is 4. The van der Waals surface area contributed by atoms with Gasteiger partial charge in [0.1, 0.15) is 5.75 Å². The molecule has 0 radical (unpaired) electrons. The van der Waals surface area contributed by atoms with Crippen molar-refractivity contribution in [3.8, 4) is 17.6 Å². The second kappa shape index (κ2) is 6.30. The number of nitrogens with zero attached hydrogens (tertiary/aromatic N) is 1. The molecule has 0 aliphatic heterocycles. The minimum absolute atomic E-state index is 0.0565. The number of nitrogens with two attached hydrogens (primary N) is 1. The normalized spacial score (nSPS) is 10.6. The molecule has 0 aliphatic carbocycles. The highest BCUT2D eigenvalue weighted by atomic mass is 32.2. The fourth-order valence-electron chi connectivity index (χ4n) is 1.61. The van der Waals surface area contributed by atoms with Gasteiger partial charge >= 0.3 is 0 Å². The van der Waals surface area contributed by atoms with Crippen LogP contribution in [0.4, 0.5) is 5.95 Å². The van der Waals surface area contributed by atoms with Crippen molar-refractivity contribution in [1.82, 2.24) is 9.97 Å². The van der Waals surface area contributed by atoms with Crippen LogP contribution in [0.25, 0.3) is 0 Å². The lowest BCUT2D eigenvalue weighted by Gasteiger charge is -2.08. The van der Waals surface area contributed by atoms with Crippen LogP contribution < -0.4 is 15.2 Å². The number of ether oxygens (including phenoxy) is 1. The average Bonchev–Trinajstić information content (AvgIpc) is 2.96. The van der Waals surface area contributed by atoms with Gasteiger partial charge in [-0.05, 0) is 18.2 Å². The molecule has 0 aliphatic rings. The molecular formula is C13H14N4O3S. The molecule has 1 aromatic carbocycles. The van der Waals surface area contributed by atoms with Crippen molar-refractivity contribution >= 4 is 16.0 Å². The number of aromatic amines is 1. The molecule has 8 heteroatoms. The lowest BCUT2D eigenvalue weighted by Crippen LogP contribution is -2.14. The minimum Gasteiger partial charge on any atom is -0.495 e. The van der Waals surface area contributed by atoms with E-state index in [1.807, 2.05) is 0 Å². The lowest BCUT2D eigenvalue weighted by molar-refractivity contribution is 0.413. The first kappa shape index (κ1) is 14.9. The van der Waals surface area contributed by atoms with Gasteiger partial charge in [-0.1, -0.05) is 11.8 Å². The molecule has 0 amide bonds. The van der Waals surface area contributed by atoms with Gasteiger partial charge in [0.15, 0.2) is 0 Å². The topological polar surface area (TPSA) is 110 Å². The second-order valence-corrected chi connectivity index (χ2v) is 5.59. The Balaban J connectivity index is 2.39. The van der Waals surface area contributed by atoms with E-state index in [1.165, 1.54) is 37.7 Å². The molecule has 110 valence electrons. The molecule has 4 N–H and O–H groups in total. The summed E-state index contributed by atoms with van der Waals surface area (Å²) in [6.07, 6.45) is 2.97.